The van der Waals surface area contributed by atoms with Crippen LogP contribution in [-0.4, -0.2) is 31.1 Å². The molecule has 1 heterocycles. The van der Waals surface area contributed by atoms with Crippen LogP contribution < -0.4 is 5.32 Å². The Kier molecular flexibility index (Phi) is 3.85. The number of hydrogen-bond acceptors (Lipinski definition) is 7. The molecule has 1 aromatic carbocycles. The van der Waals surface area contributed by atoms with Crippen molar-refractivity contribution in [3.8, 4) is 5.75 Å². The maximum atomic E-state index is 10.9. The van der Waals surface area contributed by atoms with Crippen LogP contribution in [0.2, 0.25) is 5.15 Å². The van der Waals surface area contributed by atoms with Crippen LogP contribution in [0.4, 0.5) is 17.2 Å². The first-order valence-electron chi connectivity index (χ1n) is 5.38. The average Bonchev–Trinajstić information content (AvgIpc) is 2.40. The van der Waals surface area contributed by atoms with E-state index in [-0.39, 0.29) is 28.0 Å². The first-order chi connectivity index (χ1) is 9.90. The third-order valence-electron chi connectivity index (χ3n) is 2.46. The first kappa shape index (κ1) is 14.5. The van der Waals surface area contributed by atoms with Gasteiger partial charge in [-0.3, -0.25) is 10.1 Å². The van der Waals surface area contributed by atoms with E-state index < -0.39 is 16.6 Å². The number of nitrogens with zero attached hydrogens (tertiary/aromatic N) is 3. The monoisotopic (exact) mass is 310 g/mol. The molecule has 0 radical (unpaired) electrons. The number of anilines is 2. The number of aromatic carboxylic acids is 1. The molecule has 21 heavy (non-hydrogen) atoms. The second-order valence-electron chi connectivity index (χ2n) is 3.78. The molecule has 9 nitrogen and oxygen atoms in total. The topological polar surface area (TPSA) is 138 Å². The predicted molar refractivity (Wildman–Crippen MR) is 72.0 cm³/mol. The number of benzene rings is 1. The van der Waals surface area contributed by atoms with E-state index in [2.05, 4.69) is 15.3 Å². The number of carboxylic acids is 1. The summed E-state index contributed by atoms with van der Waals surface area (Å²) < 4.78 is 0. The van der Waals surface area contributed by atoms with Crippen molar-refractivity contribution in [2.24, 2.45) is 0 Å². The third-order valence-corrected chi connectivity index (χ3v) is 2.73. The molecule has 10 heteroatoms. The summed E-state index contributed by atoms with van der Waals surface area (Å²) in [6.07, 6.45) is 0.996. The molecule has 0 bridgehead atoms. The summed E-state index contributed by atoms with van der Waals surface area (Å²) in [4.78, 5) is 28.2. The van der Waals surface area contributed by atoms with Gasteiger partial charge in [0.05, 0.1) is 16.2 Å². The highest BCUT2D eigenvalue weighted by atomic mass is 35.5. The van der Waals surface area contributed by atoms with Crippen LogP contribution in [0.5, 0.6) is 5.75 Å². The van der Waals surface area contributed by atoms with Crippen LogP contribution in [0.25, 0.3) is 0 Å². The van der Waals surface area contributed by atoms with Crippen LogP contribution in [0.3, 0.4) is 0 Å². The van der Waals surface area contributed by atoms with Gasteiger partial charge < -0.3 is 15.5 Å². The fraction of sp³-hybridized carbons (Fsp3) is 0. The maximum absolute atomic E-state index is 10.9. The van der Waals surface area contributed by atoms with Crippen LogP contribution in [0, 0.1) is 10.1 Å². The predicted octanol–water partition coefficient (Wildman–Crippen LogP) is 2.19. The fourth-order valence-corrected chi connectivity index (χ4v) is 1.71. The van der Waals surface area contributed by atoms with Gasteiger partial charge in [0.15, 0.2) is 0 Å². The van der Waals surface area contributed by atoms with Gasteiger partial charge in [0, 0.05) is 0 Å². The summed E-state index contributed by atoms with van der Waals surface area (Å²) in [5.74, 6) is -1.78. The third kappa shape index (κ3) is 2.98. The van der Waals surface area contributed by atoms with E-state index in [4.69, 9.17) is 16.7 Å². The lowest BCUT2D eigenvalue weighted by atomic mass is 10.2. The molecule has 0 amide bonds. The molecule has 0 atom stereocenters. The van der Waals surface area contributed by atoms with Gasteiger partial charge in [0.1, 0.15) is 12.1 Å². The minimum atomic E-state index is -1.21. The number of carboxylic acid groups (broad SMARTS) is 1. The van der Waals surface area contributed by atoms with Crippen molar-refractivity contribution in [3.05, 3.63) is 45.4 Å². The lowest BCUT2D eigenvalue weighted by molar-refractivity contribution is -0.384. The Bertz CT molecular complexity index is 737. The average molecular weight is 311 g/mol. The Morgan fingerprint density at radius 3 is 2.71 bits per heavy atom. The highest BCUT2D eigenvalue weighted by Gasteiger charge is 2.22. The molecule has 0 spiro atoms. The Labute approximate surface area is 122 Å². The van der Waals surface area contributed by atoms with E-state index in [1.165, 1.54) is 6.07 Å². The Morgan fingerprint density at radius 1 is 1.38 bits per heavy atom. The molecule has 2 rings (SSSR count). The van der Waals surface area contributed by atoms with Crippen molar-refractivity contribution >= 4 is 34.8 Å². The SMILES string of the molecule is O=C(O)c1ccc(O)c(Nc2ncnc(Cl)c2[N+](=O)[O-])c1. The molecule has 0 saturated heterocycles. The molecular formula is C11H7ClN4O5. The Morgan fingerprint density at radius 2 is 2.10 bits per heavy atom. The number of aromatic hydroxyl groups is 1. The molecule has 0 aliphatic rings. The summed E-state index contributed by atoms with van der Waals surface area (Å²) in [6, 6.07) is 3.43. The zero-order valence-electron chi connectivity index (χ0n) is 10.1. The fourth-order valence-electron chi connectivity index (χ4n) is 1.51. The number of carbonyl (C=O) groups is 1. The Hall–Kier alpha value is -2.94. The lowest BCUT2D eigenvalue weighted by Gasteiger charge is -2.09. The summed E-state index contributed by atoms with van der Waals surface area (Å²) in [5, 5.41) is 31.6. The molecule has 0 aliphatic carbocycles. The number of aromatic nitrogens is 2. The van der Waals surface area contributed by atoms with E-state index in [0.29, 0.717) is 0 Å². The van der Waals surface area contributed by atoms with Crippen molar-refractivity contribution in [3.63, 3.8) is 0 Å². The van der Waals surface area contributed by atoms with E-state index in [1.54, 1.807) is 0 Å². The van der Waals surface area contributed by atoms with Crippen LogP contribution in [0.15, 0.2) is 24.5 Å². The minimum absolute atomic E-state index is 0.0623. The number of phenolic OH excluding ortho intramolecular Hbond substituents is 1. The normalized spacial score (nSPS) is 10.1. The van der Waals surface area contributed by atoms with Gasteiger partial charge in [-0.2, -0.15) is 0 Å². The molecule has 108 valence electrons. The number of nitrogens with one attached hydrogen (secondary N) is 1. The van der Waals surface area contributed by atoms with Crippen LogP contribution in [0.1, 0.15) is 10.4 Å². The van der Waals surface area contributed by atoms with Gasteiger partial charge in [-0.1, -0.05) is 11.6 Å². The summed E-state index contributed by atoms with van der Waals surface area (Å²) in [7, 11) is 0. The second-order valence-corrected chi connectivity index (χ2v) is 4.14. The molecule has 0 unspecified atom stereocenters. The quantitative estimate of drug-likeness (QED) is 0.338. The number of halogens is 1. The van der Waals surface area contributed by atoms with Gasteiger partial charge in [-0.15, -0.1) is 0 Å². The summed E-state index contributed by atoms with van der Waals surface area (Å²) in [5.41, 5.74) is -0.759. The van der Waals surface area contributed by atoms with Crippen LogP contribution >= 0.6 is 11.6 Å². The largest absolute Gasteiger partial charge is 0.506 e. The van der Waals surface area contributed by atoms with Crippen molar-refractivity contribution in [1.82, 2.24) is 9.97 Å². The highest BCUT2D eigenvalue weighted by Crippen LogP contribution is 2.33. The summed E-state index contributed by atoms with van der Waals surface area (Å²) >= 11 is 5.62. The van der Waals surface area contributed by atoms with Crippen molar-refractivity contribution in [1.29, 1.82) is 0 Å². The molecule has 3 N–H and O–H groups in total. The van der Waals surface area contributed by atoms with Gasteiger partial charge >= 0.3 is 11.7 Å². The van der Waals surface area contributed by atoms with E-state index >= 15 is 0 Å². The van der Waals surface area contributed by atoms with Crippen molar-refractivity contribution in [2.75, 3.05) is 5.32 Å². The van der Waals surface area contributed by atoms with Gasteiger partial charge in [-0.05, 0) is 18.2 Å². The number of nitro groups is 1. The van der Waals surface area contributed by atoms with Gasteiger partial charge in [-0.25, -0.2) is 14.8 Å². The smallest absolute Gasteiger partial charge is 0.348 e. The number of phenols is 1. The molecule has 0 aliphatic heterocycles. The molecular weight excluding hydrogens is 304 g/mol. The zero-order valence-corrected chi connectivity index (χ0v) is 10.9. The van der Waals surface area contributed by atoms with Gasteiger partial charge in [0.2, 0.25) is 11.0 Å². The molecule has 1 aromatic heterocycles. The van der Waals surface area contributed by atoms with E-state index in [0.717, 1.165) is 18.5 Å². The Balaban J connectivity index is 2.48. The van der Waals surface area contributed by atoms with E-state index in [1.807, 2.05) is 0 Å². The molecule has 2 aromatic rings. The zero-order chi connectivity index (χ0) is 15.6. The van der Waals surface area contributed by atoms with Crippen molar-refractivity contribution in [2.45, 2.75) is 0 Å². The van der Waals surface area contributed by atoms with E-state index in [9.17, 15) is 20.0 Å². The molecule has 0 saturated carbocycles. The maximum Gasteiger partial charge on any atom is 0.348 e. The standard InChI is InChI=1S/C11H7ClN4O5/c12-9-8(16(20)21)10(14-4-13-9)15-6-3-5(11(18)19)1-2-7(6)17/h1-4,17H,(H,18,19)(H,13,14,15). The van der Waals surface area contributed by atoms with Gasteiger partial charge in [0.25, 0.3) is 0 Å². The highest BCUT2D eigenvalue weighted by molar-refractivity contribution is 6.31. The summed E-state index contributed by atoms with van der Waals surface area (Å²) in [6.45, 7) is 0. The minimum Gasteiger partial charge on any atom is -0.506 e. The lowest BCUT2D eigenvalue weighted by Crippen LogP contribution is -2.03. The van der Waals surface area contributed by atoms with Crippen molar-refractivity contribution < 1.29 is 19.9 Å². The van der Waals surface area contributed by atoms with Crippen LogP contribution in [-0.2, 0) is 0 Å². The first-order valence-corrected chi connectivity index (χ1v) is 5.76. The number of rotatable bonds is 4. The molecule has 0 fully saturated rings. The second kappa shape index (κ2) is 5.59. The number of hydrogen-bond donors (Lipinski definition) is 3.